The minimum atomic E-state index is -0.644. The molecule has 1 aromatic carbocycles. The van der Waals surface area contributed by atoms with Gasteiger partial charge in [0.25, 0.3) is 0 Å². The van der Waals surface area contributed by atoms with Gasteiger partial charge in [-0.2, -0.15) is 0 Å². The molecule has 24 heavy (non-hydrogen) atoms. The summed E-state index contributed by atoms with van der Waals surface area (Å²) in [6.07, 6.45) is -0.109. The second-order valence-electron chi connectivity index (χ2n) is 5.23. The Labute approximate surface area is 141 Å². The van der Waals surface area contributed by atoms with Crippen LogP contribution in [0, 0.1) is 0 Å². The first-order valence-corrected chi connectivity index (χ1v) is 7.88. The molecule has 1 rings (SSSR count). The number of hydrogen-bond acceptors (Lipinski definition) is 8. The zero-order valence-electron chi connectivity index (χ0n) is 13.6. The number of carbonyl (C=O) groups is 2. The van der Waals surface area contributed by atoms with Crippen LogP contribution in [-0.4, -0.2) is 50.3 Å². The number of rotatable bonds is 10. The zero-order valence-corrected chi connectivity index (χ0v) is 13.6. The van der Waals surface area contributed by atoms with E-state index in [4.69, 9.17) is 32.4 Å². The fourth-order valence-electron chi connectivity index (χ4n) is 2.09. The number of nitrogens with two attached hydrogens (primary N) is 4. The molecule has 8 N–H and O–H groups in total. The van der Waals surface area contributed by atoms with Crippen molar-refractivity contribution in [1.82, 2.24) is 0 Å². The van der Waals surface area contributed by atoms with Crippen molar-refractivity contribution in [2.75, 3.05) is 26.2 Å². The van der Waals surface area contributed by atoms with Crippen LogP contribution >= 0.6 is 0 Å². The highest BCUT2D eigenvalue weighted by atomic mass is 16.6. The maximum absolute atomic E-state index is 12.3. The van der Waals surface area contributed by atoms with Crippen molar-refractivity contribution in [2.45, 2.75) is 25.0 Å². The summed E-state index contributed by atoms with van der Waals surface area (Å²) in [6, 6.07) is 6.26. The first-order valence-electron chi connectivity index (χ1n) is 7.88. The molecule has 8 heteroatoms. The van der Waals surface area contributed by atoms with Gasteiger partial charge >= 0.3 is 11.9 Å². The molecule has 0 radical (unpaired) electrons. The third-order valence-corrected chi connectivity index (χ3v) is 3.42. The fraction of sp³-hybridized carbons (Fsp3) is 0.500. The standard InChI is InChI=1S/C16H26N4O4/c17-7-5-11(9-19)23-15(21)13-3-1-2-4-14(13)16(22)24-12(10-20)6-8-18/h1-4,11-12H,5-10,17-20H2. The first kappa shape index (κ1) is 20.0. The minimum absolute atomic E-state index is 0.112. The smallest absolute Gasteiger partial charge is 0.339 e. The van der Waals surface area contributed by atoms with Crippen LogP contribution in [0.3, 0.4) is 0 Å². The maximum Gasteiger partial charge on any atom is 0.339 e. The summed E-state index contributed by atoms with van der Waals surface area (Å²) in [5, 5.41) is 0. The summed E-state index contributed by atoms with van der Waals surface area (Å²) < 4.78 is 10.6. The van der Waals surface area contributed by atoms with Crippen molar-refractivity contribution < 1.29 is 19.1 Å². The monoisotopic (exact) mass is 338 g/mol. The highest BCUT2D eigenvalue weighted by Gasteiger charge is 2.23. The SMILES string of the molecule is NCCC(CN)OC(=O)c1ccccc1C(=O)OC(CN)CCN. The molecule has 0 amide bonds. The van der Waals surface area contributed by atoms with Crippen LogP contribution < -0.4 is 22.9 Å². The van der Waals surface area contributed by atoms with Gasteiger partial charge in [-0.05, 0) is 38.1 Å². The summed E-state index contributed by atoms with van der Waals surface area (Å²) in [5.41, 5.74) is 22.2. The molecule has 0 aliphatic carbocycles. The summed E-state index contributed by atoms with van der Waals surface area (Å²) in [5.74, 6) is -1.29. The van der Waals surface area contributed by atoms with E-state index < -0.39 is 24.1 Å². The van der Waals surface area contributed by atoms with E-state index in [1.54, 1.807) is 12.1 Å². The molecule has 0 bridgehead atoms. The van der Waals surface area contributed by atoms with Crippen LogP contribution in [0.25, 0.3) is 0 Å². The second-order valence-corrected chi connectivity index (χ2v) is 5.23. The molecule has 1 aromatic rings. The highest BCUT2D eigenvalue weighted by molar-refractivity contribution is 6.03. The van der Waals surface area contributed by atoms with Gasteiger partial charge in [-0.25, -0.2) is 9.59 Å². The highest BCUT2D eigenvalue weighted by Crippen LogP contribution is 2.15. The van der Waals surface area contributed by atoms with E-state index in [-0.39, 0.29) is 24.2 Å². The quantitative estimate of drug-likeness (QED) is 0.410. The molecule has 0 fully saturated rings. The largest absolute Gasteiger partial charge is 0.457 e. The molecule has 0 saturated heterocycles. The Balaban J connectivity index is 2.90. The summed E-state index contributed by atoms with van der Waals surface area (Å²) in [4.78, 5) is 24.6. The van der Waals surface area contributed by atoms with Crippen molar-refractivity contribution in [2.24, 2.45) is 22.9 Å². The summed E-state index contributed by atoms with van der Waals surface area (Å²) in [6.45, 7) is 0.995. The normalized spacial score (nSPS) is 13.2. The number of esters is 2. The van der Waals surface area contributed by atoms with Gasteiger partial charge in [-0.1, -0.05) is 12.1 Å². The number of carbonyl (C=O) groups excluding carboxylic acids is 2. The topological polar surface area (TPSA) is 157 Å². The van der Waals surface area contributed by atoms with E-state index in [0.29, 0.717) is 25.9 Å². The lowest BCUT2D eigenvalue weighted by Gasteiger charge is -2.18. The average molecular weight is 338 g/mol. The molecule has 0 aliphatic heterocycles. The van der Waals surface area contributed by atoms with E-state index in [9.17, 15) is 9.59 Å². The molecule has 0 spiro atoms. The molecule has 0 saturated carbocycles. The van der Waals surface area contributed by atoms with Crippen molar-refractivity contribution in [3.63, 3.8) is 0 Å². The fourth-order valence-corrected chi connectivity index (χ4v) is 2.09. The Bertz CT molecular complexity index is 492. The number of benzene rings is 1. The van der Waals surface area contributed by atoms with Crippen LogP contribution in [0.2, 0.25) is 0 Å². The minimum Gasteiger partial charge on any atom is -0.457 e. The van der Waals surface area contributed by atoms with Crippen LogP contribution in [-0.2, 0) is 9.47 Å². The lowest BCUT2D eigenvalue weighted by molar-refractivity contribution is 0.0259. The average Bonchev–Trinajstić information content (AvgIpc) is 2.60. The maximum atomic E-state index is 12.3. The van der Waals surface area contributed by atoms with Gasteiger partial charge in [-0.3, -0.25) is 0 Å². The summed E-state index contributed by atoms with van der Waals surface area (Å²) >= 11 is 0. The first-order chi connectivity index (χ1) is 11.6. The Morgan fingerprint density at radius 1 is 0.792 bits per heavy atom. The van der Waals surface area contributed by atoms with Gasteiger partial charge in [0.1, 0.15) is 12.2 Å². The Kier molecular flexibility index (Phi) is 8.95. The van der Waals surface area contributed by atoms with E-state index in [0.717, 1.165) is 0 Å². The molecule has 8 nitrogen and oxygen atoms in total. The molecule has 2 atom stereocenters. The van der Waals surface area contributed by atoms with Gasteiger partial charge < -0.3 is 32.4 Å². The lowest BCUT2D eigenvalue weighted by atomic mass is 10.1. The van der Waals surface area contributed by atoms with Crippen LogP contribution in [0.15, 0.2) is 24.3 Å². The van der Waals surface area contributed by atoms with Crippen molar-refractivity contribution in [3.8, 4) is 0 Å². The van der Waals surface area contributed by atoms with Gasteiger partial charge in [0.15, 0.2) is 0 Å². The van der Waals surface area contributed by atoms with Crippen LogP contribution in [0.1, 0.15) is 33.6 Å². The van der Waals surface area contributed by atoms with Gasteiger partial charge in [0, 0.05) is 13.1 Å². The second kappa shape index (κ2) is 10.7. The van der Waals surface area contributed by atoms with Gasteiger partial charge in [-0.15, -0.1) is 0 Å². The van der Waals surface area contributed by atoms with Gasteiger partial charge in [0.2, 0.25) is 0 Å². The zero-order chi connectivity index (χ0) is 17.9. The molecule has 0 aliphatic rings. The van der Waals surface area contributed by atoms with Gasteiger partial charge in [0.05, 0.1) is 11.1 Å². The molecular formula is C16H26N4O4. The molecular weight excluding hydrogens is 312 g/mol. The van der Waals surface area contributed by atoms with Crippen molar-refractivity contribution in [1.29, 1.82) is 0 Å². The van der Waals surface area contributed by atoms with Crippen LogP contribution in [0.4, 0.5) is 0 Å². The van der Waals surface area contributed by atoms with Crippen molar-refractivity contribution in [3.05, 3.63) is 35.4 Å². The molecule has 0 aromatic heterocycles. The lowest BCUT2D eigenvalue weighted by Crippen LogP contribution is -2.31. The third-order valence-electron chi connectivity index (χ3n) is 3.42. The predicted octanol–water partition coefficient (Wildman–Crippen LogP) is -0.648. The Hall–Kier alpha value is -2.00. The van der Waals surface area contributed by atoms with E-state index in [1.165, 1.54) is 12.1 Å². The molecule has 0 heterocycles. The molecule has 134 valence electrons. The van der Waals surface area contributed by atoms with Crippen molar-refractivity contribution >= 4 is 11.9 Å². The van der Waals surface area contributed by atoms with E-state index in [1.807, 2.05) is 0 Å². The summed E-state index contributed by atoms with van der Waals surface area (Å²) in [7, 11) is 0. The third kappa shape index (κ3) is 5.89. The molecule has 2 unspecified atom stereocenters. The predicted molar refractivity (Wildman–Crippen MR) is 90.3 cm³/mol. The Morgan fingerprint density at radius 3 is 1.46 bits per heavy atom. The number of hydrogen-bond donors (Lipinski definition) is 4. The number of ether oxygens (including phenoxy) is 2. The van der Waals surface area contributed by atoms with Crippen LogP contribution in [0.5, 0.6) is 0 Å². The van der Waals surface area contributed by atoms with E-state index >= 15 is 0 Å². The van der Waals surface area contributed by atoms with E-state index in [2.05, 4.69) is 0 Å². The Morgan fingerprint density at radius 2 is 1.17 bits per heavy atom.